The summed E-state index contributed by atoms with van der Waals surface area (Å²) in [6, 6.07) is 46.0. The summed E-state index contributed by atoms with van der Waals surface area (Å²) in [7, 11) is 0. The first kappa shape index (κ1) is 18.2. The first-order valence-corrected chi connectivity index (χ1v) is 11.4. The Morgan fingerprint density at radius 1 is 0.394 bits per heavy atom. The molecule has 0 aliphatic carbocycles. The van der Waals surface area contributed by atoms with Crippen molar-refractivity contribution in [2.45, 2.75) is 0 Å². The molecule has 1 heteroatoms. The van der Waals surface area contributed by atoms with Crippen LogP contribution in [0, 0.1) is 0 Å². The van der Waals surface area contributed by atoms with Gasteiger partial charge in [0, 0.05) is 16.5 Å². The topological polar surface area (TPSA) is 4.93 Å². The van der Waals surface area contributed by atoms with Gasteiger partial charge in [0.1, 0.15) is 0 Å². The van der Waals surface area contributed by atoms with E-state index in [0.717, 1.165) is 0 Å². The largest absolute Gasteiger partial charge is 0.309 e. The van der Waals surface area contributed by atoms with Crippen LogP contribution in [0.15, 0.2) is 127 Å². The Morgan fingerprint density at radius 3 is 1.39 bits per heavy atom. The van der Waals surface area contributed by atoms with Crippen molar-refractivity contribution in [3.63, 3.8) is 0 Å². The third kappa shape index (κ3) is 2.73. The van der Waals surface area contributed by atoms with Crippen LogP contribution in [0.3, 0.4) is 0 Å². The first-order chi connectivity index (χ1) is 16.4. The lowest BCUT2D eigenvalue weighted by Crippen LogP contribution is -1.94. The smallest absolute Gasteiger partial charge is 0.0541 e. The van der Waals surface area contributed by atoms with E-state index in [-0.39, 0.29) is 0 Å². The number of para-hydroxylation sites is 2. The third-order valence-electron chi connectivity index (χ3n) is 6.77. The van der Waals surface area contributed by atoms with Gasteiger partial charge in [0.05, 0.1) is 11.0 Å². The minimum Gasteiger partial charge on any atom is -0.309 e. The van der Waals surface area contributed by atoms with Crippen LogP contribution in [-0.4, -0.2) is 4.57 Å². The summed E-state index contributed by atoms with van der Waals surface area (Å²) >= 11 is 0. The van der Waals surface area contributed by atoms with Gasteiger partial charge in [-0.15, -0.1) is 0 Å². The second-order valence-corrected chi connectivity index (χ2v) is 8.61. The highest BCUT2D eigenvalue weighted by molar-refractivity contribution is 6.13. The highest BCUT2D eigenvalue weighted by Gasteiger charge is 2.13. The van der Waals surface area contributed by atoms with Crippen LogP contribution in [0.25, 0.3) is 60.2 Å². The zero-order valence-corrected chi connectivity index (χ0v) is 18.1. The van der Waals surface area contributed by atoms with E-state index in [2.05, 4.69) is 132 Å². The van der Waals surface area contributed by atoms with Gasteiger partial charge in [-0.25, -0.2) is 0 Å². The molecule has 6 aromatic carbocycles. The van der Waals surface area contributed by atoms with Gasteiger partial charge in [0.15, 0.2) is 0 Å². The molecule has 1 nitrogen and oxygen atoms in total. The molecule has 0 atom stereocenters. The lowest BCUT2D eigenvalue weighted by Gasteiger charge is -2.13. The molecule has 0 radical (unpaired) electrons. The number of hydrogen-bond donors (Lipinski definition) is 0. The van der Waals surface area contributed by atoms with Crippen LogP contribution in [0.4, 0.5) is 0 Å². The molecule has 0 saturated carbocycles. The number of benzene rings is 6. The van der Waals surface area contributed by atoms with E-state index in [0.29, 0.717) is 0 Å². The van der Waals surface area contributed by atoms with Gasteiger partial charge in [0.2, 0.25) is 0 Å². The van der Waals surface area contributed by atoms with Crippen LogP contribution < -0.4 is 0 Å². The monoisotopic (exact) mass is 419 g/mol. The zero-order chi connectivity index (χ0) is 21.8. The Labute approximate surface area is 192 Å². The molecule has 0 unspecified atom stereocenters. The van der Waals surface area contributed by atoms with Gasteiger partial charge in [-0.1, -0.05) is 97.1 Å². The summed E-state index contributed by atoms with van der Waals surface area (Å²) in [4.78, 5) is 0. The van der Waals surface area contributed by atoms with Crippen molar-refractivity contribution in [2.75, 3.05) is 0 Å². The molecule has 154 valence electrons. The van der Waals surface area contributed by atoms with Gasteiger partial charge in [0.25, 0.3) is 0 Å². The first-order valence-electron chi connectivity index (χ1n) is 11.4. The number of fused-ring (bicyclic) bond motifs is 5. The highest BCUT2D eigenvalue weighted by Crippen LogP contribution is 2.37. The minimum absolute atomic E-state index is 1.18. The number of nitrogens with zero attached hydrogens (tertiary/aromatic N) is 1. The molecule has 1 aromatic heterocycles. The molecule has 0 aliphatic rings. The van der Waals surface area contributed by atoms with E-state index in [1.54, 1.807) is 0 Å². The molecule has 0 amide bonds. The standard InChI is InChI=1S/C32H21N/c1-3-11-26-23(9-1)21-24-10-2-4-12-27(24)32(26)22-17-19-25(20-18-22)33-30-15-7-5-13-28(30)29-14-6-8-16-31(29)33/h1-21H. The van der Waals surface area contributed by atoms with Gasteiger partial charge in [-0.05, 0) is 63.0 Å². The summed E-state index contributed by atoms with van der Waals surface area (Å²) in [5, 5.41) is 7.71. The average molecular weight is 420 g/mol. The van der Waals surface area contributed by atoms with Crippen LogP contribution in [-0.2, 0) is 0 Å². The molecule has 7 aromatic rings. The summed E-state index contributed by atoms with van der Waals surface area (Å²) in [6.07, 6.45) is 0. The fourth-order valence-corrected chi connectivity index (χ4v) is 5.30. The third-order valence-corrected chi connectivity index (χ3v) is 6.77. The lowest BCUT2D eigenvalue weighted by molar-refractivity contribution is 1.18. The minimum atomic E-state index is 1.18. The van der Waals surface area contributed by atoms with E-state index in [4.69, 9.17) is 0 Å². The van der Waals surface area contributed by atoms with Crippen molar-refractivity contribution in [2.24, 2.45) is 0 Å². The molecule has 0 aliphatic heterocycles. The number of aromatic nitrogens is 1. The Kier molecular flexibility index (Phi) is 3.91. The van der Waals surface area contributed by atoms with Crippen molar-refractivity contribution in [3.05, 3.63) is 127 Å². The molecule has 1 heterocycles. The fraction of sp³-hybridized carbons (Fsp3) is 0. The summed E-state index contributed by atoms with van der Waals surface area (Å²) < 4.78 is 2.37. The van der Waals surface area contributed by atoms with Crippen molar-refractivity contribution >= 4 is 43.4 Å². The summed E-state index contributed by atoms with van der Waals surface area (Å²) in [5.74, 6) is 0. The fourth-order valence-electron chi connectivity index (χ4n) is 5.30. The molecule has 33 heavy (non-hydrogen) atoms. The van der Waals surface area contributed by atoms with Crippen molar-refractivity contribution in [3.8, 4) is 16.8 Å². The average Bonchev–Trinajstić information content (AvgIpc) is 3.22. The van der Waals surface area contributed by atoms with Crippen molar-refractivity contribution in [1.29, 1.82) is 0 Å². The number of hydrogen-bond acceptors (Lipinski definition) is 0. The van der Waals surface area contributed by atoms with E-state index >= 15 is 0 Å². The maximum absolute atomic E-state index is 2.37. The van der Waals surface area contributed by atoms with Gasteiger partial charge in [-0.2, -0.15) is 0 Å². The maximum atomic E-state index is 2.37. The van der Waals surface area contributed by atoms with Crippen LogP contribution in [0.2, 0.25) is 0 Å². The quantitative estimate of drug-likeness (QED) is 0.247. The Bertz CT molecular complexity index is 1700. The second-order valence-electron chi connectivity index (χ2n) is 8.61. The lowest BCUT2D eigenvalue weighted by atomic mass is 9.92. The van der Waals surface area contributed by atoms with Crippen LogP contribution in [0.5, 0.6) is 0 Å². The van der Waals surface area contributed by atoms with Crippen LogP contribution >= 0.6 is 0 Å². The predicted molar refractivity (Wildman–Crippen MR) is 141 cm³/mol. The molecule has 0 saturated heterocycles. The SMILES string of the molecule is c1ccc2c(-c3ccc(-n4c5ccccc5c5ccccc54)cc3)c3ccccc3cc2c1. The molecule has 0 bridgehead atoms. The normalized spacial score (nSPS) is 11.6. The maximum Gasteiger partial charge on any atom is 0.0541 e. The van der Waals surface area contributed by atoms with Crippen molar-refractivity contribution < 1.29 is 0 Å². The Balaban J connectivity index is 1.48. The van der Waals surface area contributed by atoms with Gasteiger partial charge in [-0.3, -0.25) is 0 Å². The zero-order valence-electron chi connectivity index (χ0n) is 18.1. The second kappa shape index (κ2) is 7.08. The van der Waals surface area contributed by atoms with E-state index in [9.17, 15) is 0 Å². The van der Waals surface area contributed by atoms with Crippen LogP contribution in [0.1, 0.15) is 0 Å². The molecular weight excluding hydrogens is 398 g/mol. The van der Waals surface area contributed by atoms with E-state index in [1.165, 1.54) is 60.2 Å². The Morgan fingerprint density at radius 2 is 0.848 bits per heavy atom. The van der Waals surface area contributed by atoms with E-state index in [1.807, 2.05) is 0 Å². The highest BCUT2D eigenvalue weighted by atomic mass is 15.0. The van der Waals surface area contributed by atoms with Gasteiger partial charge >= 0.3 is 0 Å². The van der Waals surface area contributed by atoms with E-state index < -0.39 is 0 Å². The summed E-state index contributed by atoms with van der Waals surface area (Å²) in [6.45, 7) is 0. The molecule has 0 N–H and O–H groups in total. The van der Waals surface area contributed by atoms with Crippen molar-refractivity contribution in [1.82, 2.24) is 4.57 Å². The number of rotatable bonds is 2. The molecule has 0 spiro atoms. The summed E-state index contributed by atoms with van der Waals surface area (Å²) in [5.41, 5.74) is 6.20. The molecular formula is C32H21N. The Hall–Kier alpha value is -4.36. The molecule has 7 rings (SSSR count). The predicted octanol–water partition coefficient (Wildman–Crippen LogP) is 8.76. The van der Waals surface area contributed by atoms with Gasteiger partial charge < -0.3 is 4.57 Å². The molecule has 0 fully saturated rings.